The summed E-state index contributed by atoms with van der Waals surface area (Å²) in [5.74, 6) is 2.25. The van der Waals surface area contributed by atoms with Crippen LogP contribution in [0.2, 0.25) is 5.02 Å². The van der Waals surface area contributed by atoms with E-state index in [2.05, 4.69) is 4.98 Å². The molecule has 0 radical (unpaired) electrons. The Hall–Kier alpha value is -4.13. The third-order valence-corrected chi connectivity index (χ3v) is 9.90. The zero-order chi connectivity index (χ0) is 35.8. The van der Waals surface area contributed by atoms with Crippen LogP contribution in [0.4, 0.5) is 5.13 Å². The van der Waals surface area contributed by atoms with Crippen molar-refractivity contribution >= 4 is 63.4 Å². The number of rotatable bonds is 6. The number of halogens is 1. The first-order valence-electron chi connectivity index (χ1n) is 14.6. The number of phenolic OH excluding ortho intramolecular Hbond substituents is 5. The number of nitrogens with two attached hydrogens (primary N) is 1. The minimum Gasteiger partial charge on any atom is -0.508 e. The van der Waals surface area contributed by atoms with Crippen molar-refractivity contribution in [1.29, 1.82) is 0 Å². The molecule has 7 N–H and O–H groups in total. The number of para-hydroxylation sites is 3. The number of nitrogen functional groups attached to an aromatic ring is 1. The summed E-state index contributed by atoms with van der Waals surface area (Å²) in [5, 5.41) is 48.3. The minimum atomic E-state index is 0.153. The number of anilines is 1. The Bertz CT molecular complexity index is 1870. The van der Waals surface area contributed by atoms with Crippen LogP contribution in [-0.2, 0) is 5.75 Å². The van der Waals surface area contributed by atoms with E-state index in [1.54, 1.807) is 72.2 Å². The van der Waals surface area contributed by atoms with E-state index >= 15 is 0 Å². The number of thiazole rings is 1. The second-order valence-corrected chi connectivity index (χ2v) is 14.3. The maximum absolute atomic E-state index is 9.72. The lowest BCUT2D eigenvalue weighted by Gasteiger charge is -2.07. The number of nitrogens with zero attached hydrogens (tertiary/aromatic N) is 1. The molecule has 0 saturated carbocycles. The summed E-state index contributed by atoms with van der Waals surface area (Å²) in [5.41, 5.74) is 8.32. The Kier molecular flexibility index (Phi) is 16.4. The van der Waals surface area contributed by atoms with Gasteiger partial charge < -0.3 is 31.3 Å². The Morgan fingerprint density at radius 3 is 1.82 bits per heavy atom. The lowest BCUT2D eigenvalue weighted by molar-refractivity contribution is 0.459. The first-order chi connectivity index (χ1) is 23.5. The Morgan fingerprint density at radius 1 is 0.673 bits per heavy atom. The highest BCUT2D eigenvalue weighted by Crippen LogP contribution is 2.40. The quantitative estimate of drug-likeness (QED) is 0.0911. The molecular formula is C37H37ClN2O5S4. The largest absolute Gasteiger partial charge is 0.508 e. The van der Waals surface area contributed by atoms with Crippen molar-refractivity contribution < 1.29 is 25.5 Å². The number of aryl methyl sites for hydroxylation is 1. The van der Waals surface area contributed by atoms with Crippen LogP contribution in [-0.4, -0.2) is 43.0 Å². The molecule has 0 bridgehead atoms. The van der Waals surface area contributed by atoms with E-state index in [0.717, 1.165) is 32.2 Å². The molecule has 256 valence electrons. The zero-order valence-electron chi connectivity index (χ0n) is 26.9. The molecule has 6 aromatic rings. The summed E-state index contributed by atoms with van der Waals surface area (Å²) >= 11 is 11.8. The molecule has 6 rings (SSSR count). The van der Waals surface area contributed by atoms with Gasteiger partial charge in [-0.3, -0.25) is 0 Å². The number of benzene rings is 5. The average molecular weight is 753 g/mol. The number of hydrogen-bond donors (Lipinski definition) is 6. The summed E-state index contributed by atoms with van der Waals surface area (Å²) in [4.78, 5) is 7.05. The first kappa shape index (κ1) is 39.3. The van der Waals surface area contributed by atoms with Crippen LogP contribution < -0.4 is 5.73 Å². The van der Waals surface area contributed by atoms with Gasteiger partial charge in [0.1, 0.15) is 28.7 Å². The molecule has 0 amide bonds. The van der Waals surface area contributed by atoms with Crippen molar-refractivity contribution in [3.8, 4) is 39.2 Å². The second kappa shape index (κ2) is 20.4. The number of aromatic hydroxyl groups is 5. The smallest absolute Gasteiger partial charge is 0.180 e. The van der Waals surface area contributed by atoms with Gasteiger partial charge in [-0.25, -0.2) is 4.98 Å². The van der Waals surface area contributed by atoms with Crippen LogP contribution in [0.25, 0.3) is 10.4 Å². The maximum Gasteiger partial charge on any atom is 0.180 e. The monoisotopic (exact) mass is 752 g/mol. The summed E-state index contributed by atoms with van der Waals surface area (Å²) in [6.07, 6.45) is 5.62. The van der Waals surface area contributed by atoms with Gasteiger partial charge in [-0.2, -0.15) is 11.8 Å². The minimum absolute atomic E-state index is 0.153. The summed E-state index contributed by atoms with van der Waals surface area (Å²) in [6, 6.07) is 32.0. The van der Waals surface area contributed by atoms with Crippen molar-refractivity contribution in [3.63, 3.8) is 0 Å². The van der Waals surface area contributed by atoms with Crippen molar-refractivity contribution in [3.05, 3.63) is 132 Å². The molecule has 12 heteroatoms. The van der Waals surface area contributed by atoms with Gasteiger partial charge in [0.05, 0.1) is 14.7 Å². The number of thioether (sulfide) groups is 2. The van der Waals surface area contributed by atoms with E-state index in [0.29, 0.717) is 31.4 Å². The van der Waals surface area contributed by atoms with Gasteiger partial charge in [0.25, 0.3) is 0 Å². The summed E-state index contributed by atoms with van der Waals surface area (Å²) in [7, 11) is 0. The van der Waals surface area contributed by atoms with Gasteiger partial charge in [-0.15, -0.1) is 11.8 Å². The van der Waals surface area contributed by atoms with Gasteiger partial charge in [0.15, 0.2) is 5.13 Å². The molecule has 0 unspecified atom stereocenters. The van der Waals surface area contributed by atoms with Crippen LogP contribution >= 0.6 is 58.2 Å². The molecule has 49 heavy (non-hydrogen) atoms. The van der Waals surface area contributed by atoms with E-state index in [4.69, 9.17) is 22.4 Å². The lowest BCUT2D eigenvalue weighted by atomic mass is 10.2. The van der Waals surface area contributed by atoms with E-state index in [-0.39, 0.29) is 17.2 Å². The van der Waals surface area contributed by atoms with E-state index in [1.807, 2.05) is 80.1 Å². The third kappa shape index (κ3) is 13.0. The molecule has 5 aromatic carbocycles. The second-order valence-electron chi connectivity index (χ2n) is 10.00. The highest BCUT2D eigenvalue weighted by Gasteiger charge is 2.09. The van der Waals surface area contributed by atoms with Gasteiger partial charge in [-0.1, -0.05) is 83.2 Å². The molecule has 0 aliphatic heterocycles. The predicted octanol–water partition coefficient (Wildman–Crippen LogP) is 10.7. The summed E-state index contributed by atoms with van der Waals surface area (Å²) < 4.78 is 0. The average Bonchev–Trinajstić information content (AvgIpc) is 3.53. The van der Waals surface area contributed by atoms with Crippen LogP contribution in [0.1, 0.15) is 11.1 Å². The Balaban J connectivity index is 0.000000183. The predicted molar refractivity (Wildman–Crippen MR) is 209 cm³/mol. The highest BCUT2D eigenvalue weighted by atomic mass is 35.5. The molecule has 1 aromatic heterocycles. The van der Waals surface area contributed by atoms with Gasteiger partial charge >= 0.3 is 0 Å². The van der Waals surface area contributed by atoms with Crippen molar-refractivity contribution in [2.75, 3.05) is 18.2 Å². The first-order valence-corrected chi connectivity index (χ1v) is 19.2. The number of aromatic nitrogens is 1. The van der Waals surface area contributed by atoms with Crippen LogP contribution in [0.15, 0.2) is 130 Å². The molecule has 7 nitrogen and oxygen atoms in total. The molecule has 0 aliphatic rings. The molecule has 0 saturated heterocycles. The molecule has 1 heterocycles. The van der Waals surface area contributed by atoms with E-state index in [9.17, 15) is 20.4 Å². The molecule has 0 fully saturated rings. The highest BCUT2D eigenvalue weighted by molar-refractivity contribution is 7.99. The molecule has 0 spiro atoms. The van der Waals surface area contributed by atoms with Crippen molar-refractivity contribution in [2.24, 2.45) is 0 Å². The molecule has 0 atom stereocenters. The molecule has 0 aliphatic carbocycles. The van der Waals surface area contributed by atoms with Crippen LogP contribution in [0, 0.1) is 6.92 Å². The normalized spacial score (nSPS) is 10.0. The summed E-state index contributed by atoms with van der Waals surface area (Å²) in [6.45, 7) is 1.95. The fourth-order valence-corrected chi connectivity index (χ4v) is 6.92. The number of hydrogen-bond acceptors (Lipinski definition) is 11. The van der Waals surface area contributed by atoms with Crippen LogP contribution in [0.3, 0.4) is 0 Å². The Morgan fingerprint density at radius 2 is 1.24 bits per heavy atom. The van der Waals surface area contributed by atoms with Gasteiger partial charge in [0, 0.05) is 33.0 Å². The van der Waals surface area contributed by atoms with Crippen LogP contribution in [0.5, 0.6) is 28.7 Å². The topological polar surface area (TPSA) is 140 Å². The standard InChI is InChI=1S/C13H11ClO2S.C9H8N2OS.C8H10OS.C7H8OS/c1-8-2-4-10(15)12(6-8)17-13-7-9(14)3-5-11(13)16;10-9-11-5-8(13-9)6-3-1-2-4-7(6)12;1-10-6-7-4-2-3-5-8(7)9;1-9-7-5-3-2-4-6(7)8/h2-7,15-16H,1H3;1-5,12H,(H2,10,11);2-5,9H,6H2,1H3;2-5,8H,1H3. The number of phenols is 5. The maximum atomic E-state index is 9.72. The Labute approximate surface area is 308 Å². The lowest BCUT2D eigenvalue weighted by Crippen LogP contribution is -1.79. The SMILES string of the molecule is CSCc1ccccc1O.CSc1ccccc1O.Cc1ccc(O)c(Sc2cc(Cl)ccc2O)c1.Nc1ncc(-c2ccccc2O)s1. The fourth-order valence-electron chi connectivity index (χ4n) is 3.90. The van der Waals surface area contributed by atoms with E-state index < -0.39 is 0 Å². The van der Waals surface area contributed by atoms with Gasteiger partial charge in [0.2, 0.25) is 0 Å². The third-order valence-electron chi connectivity index (χ3n) is 6.33. The van der Waals surface area contributed by atoms with Crippen molar-refractivity contribution in [2.45, 2.75) is 27.4 Å². The molecular weight excluding hydrogens is 716 g/mol. The zero-order valence-corrected chi connectivity index (χ0v) is 31.0. The van der Waals surface area contributed by atoms with Crippen molar-refractivity contribution in [1.82, 2.24) is 4.98 Å². The van der Waals surface area contributed by atoms with E-state index in [1.165, 1.54) is 29.2 Å². The fraction of sp³-hybridized carbons (Fsp3) is 0.108. The van der Waals surface area contributed by atoms with Gasteiger partial charge in [-0.05, 0) is 85.7 Å².